The Morgan fingerprint density at radius 2 is 1.90 bits per heavy atom. The van der Waals surface area contributed by atoms with Gasteiger partial charge in [-0.1, -0.05) is 11.2 Å². The van der Waals surface area contributed by atoms with E-state index in [-0.39, 0.29) is 10.8 Å². The molecule has 0 spiro atoms. The summed E-state index contributed by atoms with van der Waals surface area (Å²) in [4.78, 5) is 6.06. The first-order chi connectivity index (χ1) is 14.9. The van der Waals surface area contributed by atoms with Crippen molar-refractivity contribution in [3.8, 4) is 27.9 Å². The van der Waals surface area contributed by atoms with Gasteiger partial charge in [-0.05, 0) is 54.1 Å². The van der Waals surface area contributed by atoms with Gasteiger partial charge in [0.15, 0.2) is 0 Å². The largest absolute Gasteiger partial charge is 0.497 e. The lowest BCUT2D eigenvalue weighted by atomic mass is 10.2. The number of sulfonamides is 1. The van der Waals surface area contributed by atoms with Crippen LogP contribution in [0.25, 0.3) is 22.2 Å². The van der Waals surface area contributed by atoms with Gasteiger partial charge >= 0.3 is 0 Å². The maximum Gasteiger partial charge on any atom is 0.269 e. The summed E-state index contributed by atoms with van der Waals surface area (Å²) in [7, 11) is -0.827. The lowest BCUT2D eigenvalue weighted by molar-refractivity contribution is 0.415. The average Bonchev–Trinajstić information content (AvgIpc) is 3.48. The minimum absolute atomic E-state index is 0.107. The van der Waals surface area contributed by atoms with Gasteiger partial charge in [0.05, 0.1) is 12.8 Å². The molecule has 7 nitrogen and oxygen atoms in total. The van der Waals surface area contributed by atoms with E-state index < -0.39 is 10.0 Å². The first kappa shape index (κ1) is 21.4. The Kier molecular flexibility index (Phi) is 6.03. The van der Waals surface area contributed by atoms with Crippen LogP contribution in [0.3, 0.4) is 0 Å². The summed E-state index contributed by atoms with van der Waals surface area (Å²) < 4.78 is 38.5. The van der Waals surface area contributed by atoms with E-state index in [9.17, 15) is 8.42 Å². The fourth-order valence-electron chi connectivity index (χ4n) is 2.92. The monoisotopic (exact) mass is 473 g/mol. The number of thioether (sulfide) groups is 1. The Labute approximate surface area is 188 Å². The number of benzene rings is 2. The molecule has 0 aliphatic heterocycles. The van der Waals surface area contributed by atoms with E-state index in [1.807, 2.05) is 30.5 Å². The zero-order chi connectivity index (χ0) is 22.0. The number of nitrogens with zero attached hydrogens (tertiary/aromatic N) is 3. The van der Waals surface area contributed by atoms with Crippen molar-refractivity contribution in [2.75, 3.05) is 24.7 Å². The van der Waals surface area contributed by atoms with Crippen LogP contribution in [-0.2, 0) is 10.0 Å². The molecule has 2 aromatic carbocycles. The van der Waals surface area contributed by atoms with Gasteiger partial charge < -0.3 is 9.26 Å². The van der Waals surface area contributed by atoms with Crippen LogP contribution in [0.1, 0.15) is 0 Å². The van der Waals surface area contributed by atoms with E-state index >= 15 is 0 Å². The Morgan fingerprint density at radius 1 is 1.13 bits per heavy atom. The predicted molar refractivity (Wildman–Crippen MR) is 123 cm³/mol. The molecular formula is C21H19N3O4S3. The van der Waals surface area contributed by atoms with Gasteiger partial charge in [0.1, 0.15) is 15.5 Å². The maximum atomic E-state index is 13.3. The van der Waals surface area contributed by atoms with Gasteiger partial charge in [0.25, 0.3) is 15.9 Å². The first-order valence-corrected chi connectivity index (χ1v) is 12.7. The van der Waals surface area contributed by atoms with E-state index in [2.05, 4.69) is 10.1 Å². The van der Waals surface area contributed by atoms with Crippen LogP contribution in [-0.4, -0.2) is 39.0 Å². The van der Waals surface area contributed by atoms with Crippen molar-refractivity contribution in [3.63, 3.8) is 0 Å². The summed E-state index contributed by atoms with van der Waals surface area (Å²) in [6.07, 6.45) is 2.00. The van der Waals surface area contributed by atoms with Crippen LogP contribution in [0.5, 0.6) is 5.75 Å². The normalized spacial score (nSPS) is 11.5. The molecule has 0 aliphatic carbocycles. The Balaban J connectivity index is 1.68. The van der Waals surface area contributed by atoms with Crippen LogP contribution in [0.4, 0.5) is 5.69 Å². The third-order valence-electron chi connectivity index (χ3n) is 4.65. The number of rotatable bonds is 7. The molecule has 0 unspecified atom stereocenters. The van der Waals surface area contributed by atoms with Crippen molar-refractivity contribution in [1.29, 1.82) is 0 Å². The average molecular weight is 474 g/mol. The molecule has 2 aromatic heterocycles. The number of methoxy groups -OCH3 is 1. The highest BCUT2D eigenvalue weighted by atomic mass is 32.2. The fourth-order valence-corrected chi connectivity index (χ4v) is 5.83. The number of anilines is 1. The molecule has 31 heavy (non-hydrogen) atoms. The van der Waals surface area contributed by atoms with Crippen molar-refractivity contribution >= 4 is 38.8 Å². The second-order valence-electron chi connectivity index (χ2n) is 6.44. The lowest BCUT2D eigenvalue weighted by Crippen LogP contribution is -2.26. The summed E-state index contributed by atoms with van der Waals surface area (Å²) >= 11 is 2.88. The molecule has 10 heteroatoms. The van der Waals surface area contributed by atoms with Crippen LogP contribution < -0.4 is 9.04 Å². The van der Waals surface area contributed by atoms with Crippen LogP contribution >= 0.6 is 23.1 Å². The molecule has 0 radical (unpaired) electrons. The molecule has 4 rings (SSSR count). The Morgan fingerprint density at radius 3 is 2.61 bits per heavy atom. The van der Waals surface area contributed by atoms with Gasteiger partial charge in [-0.2, -0.15) is 4.98 Å². The Hall–Kier alpha value is -2.82. The van der Waals surface area contributed by atoms with Crippen molar-refractivity contribution < 1.29 is 17.7 Å². The van der Waals surface area contributed by atoms with Gasteiger partial charge in [-0.15, -0.1) is 23.1 Å². The molecule has 0 amide bonds. The molecule has 0 aliphatic rings. The number of hydrogen-bond donors (Lipinski definition) is 0. The highest BCUT2D eigenvalue weighted by Crippen LogP contribution is 2.36. The zero-order valence-corrected chi connectivity index (χ0v) is 19.4. The number of hydrogen-bond acceptors (Lipinski definition) is 8. The molecule has 0 bridgehead atoms. The highest BCUT2D eigenvalue weighted by molar-refractivity contribution is 7.98. The maximum absolute atomic E-state index is 13.3. The molecule has 160 valence electrons. The van der Waals surface area contributed by atoms with Gasteiger partial charge in [0.2, 0.25) is 5.82 Å². The molecule has 0 fully saturated rings. The fraction of sp³-hybridized carbons (Fsp3) is 0.143. The summed E-state index contributed by atoms with van der Waals surface area (Å²) in [6, 6.07) is 16.2. The van der Waals surface area contributed by atoms with E-state index in [0.29, 0.717) is 22.1 Å². The van der Waals surface area contributed by atoms with E-state index in [4.69, 9.17) is 9.26 Å². The summed E-state index contributed by atoms with van der Waals surface area (Å²) in [5, 5.41) is 5.73. The zero-order valence-electron chi connectivity index (χ0n) is 17.0. The molecular weight excluding hydrogens is 454 g/mol. The minimum Gasteiger partial charge on any atom is -0.497 e. The van der Waals surface area contributed by atoms with Crippen LogP contribution in [0.2, 0.25) is 0 Å². The van der Waals surface area contributed by atoms with E-state index in [1.54, 1.807) is 47.5 Å². The van der Waals surface area contributed by atoms with E-state index in [1.165, 1.54) is 29.8 Å². The van der Waals surface area contributed by atoms with Crippen molar-refractivity contribution in [2.24, 2.45) is 0 Å². The third kappa shape index (κ3) is 4.18. The number of thiophene rings is 1. The number of ether oxygens (including phenoxy) is 1. The van der Waals surface area contributed by atoms with Crippen molar-refractivity contribution in [1.82, 2.24) is 10.1 Å². The SMILES string of the molecule is COc1cccc(N(C)S(=O)(=O)c2ccsc2-c2nc(-c3ccc(SC)cc3)no2)c1. The summed E-state index contributed by atoms with van der Waals surface area (Å²) in [5.41, 5.74) is 1.28. The van der Waals surface area contributed by atoms with Crippen LogP contribution in [0, 0.1) is 0 Å². The quantitative estimate of drug-likeness (QED) is 0.348. The molecule has 0 saturated heterocycles. The smallest absolute Gasteiger partial charge is 0.269 e. The second-order valence-corrected chi connectivity index (χ2v) is 10.2. The van der Waals surface area contributed by atoms with Gasteiger partial charge in [-0.25, -0.2) is 8.42 Å². The molecule has 2 heterocycles. The molecule has 0 saturated carbocycles. The van der Waals surface area contributed by atoms with Gasteiger partial charge in [0, 0.05) is 23.6 Å². The minimum atomic E-state index is -3.86. The third-order valence-corrected chi connectivity index (χ3v) is 8.26. The highest BCUT2D eigenvalue weighted by Gasteiger charge is 2.29. The van der Waals surface area contributed by atoms with Crippen molar-refractivity contribution in [2.45, 2.75) is 9.79 Å². The van der Waals surface area contributed by atoms with Crippen LogP contribution in [0.15, 0.2) is 74.3 Å². The summed E-state index contributed by atoms with van der Waals surface area (Å²) in [5.74, 6) is 1.14. The summed E-state index contributed by atoms with van der Waals surface area (Å²) in [6.45, 7) is 0. The number of aromatic nitrogens is 2. The predicted octanol–water partition coefficient (Wildman–Crippen LogP) is 5.02. The second kappa shape index (κ2) is 8.74. The molecule has 4 aromatic rings. The first-order valence-electron chi connectivity index (χ1n) is 9.13. The van der Waals surface area contributed by atoms with E-state index in [0.717, 1.165) is 10.5 Å². The Bertz CT molecular complexity index is 1300. The molecule has 0 atom stereocenters. The molecule has 0 N–H and O–H groups in total. The lowest BCUT2D eigenvalue weighted by Gasteiger charge is -2.19. The standard InChI is InChI=1S/C21H19N3O4S3/c1-24(15-5-4-6-16(13-15)27-2)31(25,26)18-11-12-30-19(18)21-22-20(23-28-21)14-7-9-17(29-3)10-8-14/h4-13H,1-3H3. The van der Waals surface area contributed by atoms with Crippen molar-refractivity contribution in [3.05, 3.63) is 60.0 Å². The topological polar surface area (TPSA) is 85.5 Å². The van der Waals surface area contributed by atoms with Gasteiger partial charge in [-0.3, -0.25) is 4.31 Å².